The third-order valence-corrected chi connectivity index (χ3v) is 4.61. The smallest absolute Gasteiger partial charge is 0.162 e. The first-order valence-corrected chi connectivity index (χ1v) is 8.92. The summed E-state index contributed by atoms with van der Waals surface area (Å²) in [5, 5.41) is 3.36. The van der Waals surface area contributed by atoms with Crippen LogP contribution in [0.4, 0.5) is 5.82 Å². The first kappa shape index (κ1) is 16.7. The minimum absolute atomic E-state index is 0.297. The van der Waals surface area contributed by atoms with E-state index in [0.717, 1.165) is 41.9 Å². The molecule has 0 atom stereocenters. The van der Waals surface area contributed by atoms with Crippen molar-refractivity contribution in [2.75, 3.05) is 18.5 Å². The maximum absolute atomic E-state index is 6.17. The highest BCUT2D eigenvalue weighted by Crippen LogP contribution is 2.38. The molecule has 5 heteroatoms. The van der Waals surface area contributed by atoms with Gasteiger partial charge >= 0.3 is 0 Å². The Kier molecular flexibility index (Phi) is 6.42. The third kappa shape index (κ3) is 4.16. The molecule has 0 radical (unpaired) electrons. The number of nitrogens with one attached hydrogen (secondary N) is 1. The number of halogens is 1. The van der Waals surface area contributed by atoms with Crippen molar-refractivity contribution >= 4 is 21.7 Å². The van der Waals surface area contributed by atoms with E-state index in [1.54, 1.807) is 0 Å². The topological polar surface area (TPSA) is 47.0 Å². The Labute approximate surface area is 136 Å². The first-order valence-electron chi connectivity index (χ1n) is 8.12. The highest BCUT2D eigenvalue weighted by molar-refractivity contribution is 9.10. The summed E-state index contributed by atoms with van der Waals surface area (Å²) in [6, 6.07) is 0. The van der Waals surface area contributed by atoms with Crippen LogP contribution in [-0.2, 0) is 10.3 Å². The minimum Gasteiger partial charge on any atom is -0.369 e. The van der Waals surface area contributed by atoms with Crippen molar-refractivity contribution in [1.29, 1.82) is 0 Å². The van der Waals surface area contributed by atoms with E-state index in [1.807, 2.05) is 6.20 Å². The predicted octanol–water partition coefficient (Wildman–Crippen LogP) is 4.65. The molecule has 0 aromatic carbocycles. The van der Waals surface area contributed by atoms with Crippen LogP contribution in [0.3, 0.4) is 0 Å². The van der Waals surface area contributed by atoms with E-state index in [9.17, 15) is 0 Å². The number of hydrogen-bond donors (Lipinski definition) is 1. The lowest BCUT2D eigenvalue weighted by Gasteiger charge is -2.31. The average molecular weight is 356 g/mol. The molecule has 118 valence electrons. The molecule has 21 heavy (non-hydrogen) atoms. The molecular formula is C16H26BrN3O. The zero-order chi connectivity index (χ0) is 15.1. The molecule has 1 fully saturated rings. The molecule has 1 aliphatic rings. The van der Waals surface area contributed by atoms with Gasteiger partial charge in [0.25, 0.3) is 0 Å². The zero-order valence-corrected chi connectivity index (χ0v) is 14.7. The Morgan fingerprint density at radius 1 is 1.24 bits per heavy atom. The molecule has 0 saturated heterocycles. The largest absolute Gasteiger partial charge is 0.369 e. The molecule has 0 spiro atoms. The molecule has 1 aromatic rings. The summed E-state index contributed by atoms with van der Waals surface area (Å²) >= 11 is 3.53. The van der Waals surface area contributed by atoms with Crippen LogP contribution in [0, 0.1) is 0 Å². The summed E-state index contributed by atoms with van der Waals surface area (Å²) in [5.74, 6) is 1.72. The fraction of sp³-hybridized carbons (Fsp3) is 0.750. The van der Waals surface area contributed by atoms with E-state index in [-0.39, 0.29) is 5.60 Å². The van der Waals surface area contributed by atoms with Gasteiger partial charge in [0.05, 0.1) is 4.47 Å². The van der Waals surface area contributed by atoms with Crippen LogP contribution >= 0.6 is 15.9 Å². The fourth-order valence-corrected chi connectivity index (χ4v) is 3.29. The molecule has 0 unspecified atom stereocenters. The van der Waals surface area contributed by atoms with E-state index < -0.39 is 0 Å². The number of aromatic nitrogens is 2. The SMILES string of the molecule is CCCNc1nc(C2(OCC)CCCCCC2)ncc1Br. The van der Waals surface area contributed by atoms with Gasteiger partial charge in [-0.2, -0.15) is 0 Å². The summed E-state index contributed by atoms with van der Waals surface area (Å²) in [4.78, 5) is 9.35. The Morgan fingerprint density at radius 2 is 1.95 bits per heavy atom. The van der Waals surface area contributed by atoms with Crippen LogP contribution < -0.4 is 5.32 Å². The van der Waals surface area contributed by atoms with Crippen LogP contribution in [0.1, 0.15) is 64.6 Å². The second-order valence-electron chi connectivity index (χ2n) is 5.66. The van der Waals surface area contributed by atoms with E-state index in [0.29, 0.717) is 6.61 Å². The van der Waals surface area contributed by atoms with Crippen molar-refractivity contribution in [3.8, 4) is 0 Å². The highest BCUT2D eigenvalue weighted by atomic mass is 79.9. The second kappa shape index (κ2) is 8.08. The van der Waals surface area contributed by atoms with Crippen molar-refractivity contribution < 1.29 is 4.74 Å². The van der Waals surface area contributed by atoms with Gasteiger partial charge in [0.15, 0.2) is 5.82 Å². The highest BCUT2D eigenvalue weighted by Gasteiger charge is 2.36. The minimum atomic E-state index is -0.297. The third-order valence-electron chi connectivity index (χ3n) is 4.03. The summed E-state index contributed by atoms with van der Waals surface area (Å²) in [6.07, 6.45) is 9.92. The average Bonchev–Trinajstić information content (AvgIpc) is 2.73. The molecule has 1 N–H and O–H groups in total. The Bertz CT molecular complexity index is 445. The van der Waals surface area contributed by atoms with Crippen LogP contribution in [0.25, 0.3) is 0 Å². The van der Waals surface area contributed by atoms with Gasteiger partial charge in [0.2, 0.25) is 0 Å². The Hall–Kier alpha value is -0.680. The summed E-state index contributed by atoms with van der Waals surface area (Å²) < 4.78 is 7.08. The standard InChI is InChI=1S/C16H26BrN3O/c1-3-11-18-14-13(17)12-19-15(20-14)16(21-4-2)9-7-5-6-8-10-16/h12H,3-11H2,1-2H3,(H,18,19,20). The molecule has 1 aliphatic carbocycles. The molecule has 0 amide bonds. The number of nitrogens with zero attached hydrogens (tertiary/aromatic N) is 2. The van der Waals surface area contributed by atoms with E-state index >= 15 is 0 Å². The number of hydrogen-bond acceptors (Lipinski definition) is 4. The lowest BCUT2D eigenvalue weighted by molar-refractivity contribution is -0.0623. The number of rotatable bonds is 6. The van der Waals surface area contributed by atoms with Gasteiger partial charge in [0, 0.05) is 19.3 Å². The summed E-state index contributed by atoms with van der Waals surface area (Å²) in [7, 11) is 0. The lowest BCUT2D eigenvalue weighted by atomic mass is 9.93. The molecule has 1 aromatic heterocycles. The molecule has 2 rings (SSSR count). The van der Waals surface area contributed by atoms with Gasteiger partial charge < -0.3 is 10.1 Å². The van der Waals surface area contributed by atoms with Crippen molar-refractivity contribution in [1.82, 2.24) is 9.97 Å². The summed E-state index contributed by atoms with van der Waals surface area (Å²) in [6.45, 7) is 5.82. The van der Waals surface area contributed by atoms with Crippen LogP contribution in [-0.4, -0.2) is 23.1 Å². The van der Waals surface area contributed by atoms with Crippen molar-refractivity contribution in [2.24, 2.45) is 0 Å². The van der Waals surface area contributed by atoms with E-state index in [1.165, 1.54) is 25.7 Å². The van der Waals surface area contributed by atoms with Gasteiger partial charge in [-0.05, 0) is 42.1 Å². The molecular weight excluding hydrogens is 330 g/mol. The maximum Gasteiger partial charge on any atom is 0.162 e. The van der Waals surface area contributed by atoms with Gasteiger partial charge in [-0.25, -0.2) is 9.97 Å². The lowest BCUT2D eigenvalue weighted by Crippen LogP contribution is -2.32. The zero-order valence-electron chi connectivity index (χ0n) is 13.1. The molecule has 0 aliphatic heterocycles. The van der Waals surface area contributed by atoms with Crippen LogP contribution in [0.15, 0.2) is 10.7 Å². The number of ether oxygens (including phenoxy) is 1. The fourth-order valence-electron chi connectivity index (χ4n) is 2.96. The van der Waals surface area contributed by atoms with Crippen molar-refractivity contribution in [3.63, 3.8) is 0 Å². The first-order chi connectivity index (χ1) is 10.2. The molecule has 4 nitrogen and oxygen atoms in total. The number of anilines is 1. The van der Waals surface area contributed by atoms with Crippen LogP contribution in [0.2, 0.25) is 0 Å². The van der Waals surface area contributed by atoms with Gasteiger partial charge in [-0.3, -0.25) is 0 Å². The van der Waals surface area contributed by atoms with E-state index in [4.69, 9.17) is 9.72 Å². The quantitative estimate of drug-likeness (QED) is 0.754. The molecule has 1 saturated carbocycles. The molecule has 1 heterocycles. The molecule has 0 bridgehead atoms. The van der Waals surface area contributed by atoms with Gasteiger partial charge in [-0.15, -0.1) is 0 Å². The Morgan fingerprint density at radius 3 is 2.57 bits per heavy atom. The normalized spacial score (nSPS) is 18.2. The van der Waals surface area contributed by atoms with Gasteiger partial charge in [0.1, 0.15) is 11.4 Å². The van der Waals surface area contributed by atoms with Crippen LogP contribution in [0.5, 0.6) is 0 Å². The summed E-state index contributed by atoms with van der Waals surface area (Å²) in [5.41, 5.74) is -0.297. The second-order valence-corrected chi connectivity index (χ2v) is 6.51. The maximum atomic E-state index is 6.17. The Balaban J connectivity index is 2.30. The predicted molar refractivity (Wildman–Crippen MR) is 89.5 cm³/mol. The monoisotopic (exact) mass is 355 g/mol. The van der Waals surface area contributed by atoms with E-state index in [2.05, 4.69) is 40.1 Å². The van der Waals surface area contributed by atoms with Crippen molar-refractivity contribution in [2.45, 2.75) is 64.4 Å². The van der Waals surface area contributed by atoms with Gasteiger partial charge in [-0.1, -0.05) is 32.6 Å². The van der Waals surface area contributed by atoms with Crippen molar-refractivity contribution in [3.05, 3.63) is 16.5 Å².